The summed E-state index contributed by atoms with van der Waals surface area (Å²) in [5.74, 6) is 0.339. The van der Waals surface area contributed by atoms with Crippen LogP contribution in [0.25, 0.3) is 0 Å². The third-order valence-corrected chi connectivity index (χ3v) is 3.28. The van der Waals surface area contributed by atoms with Gasteiger partial charge in [0.1, 0.15) is 5.54 Å². The first-order chi connectivity index (χ1) is 5.21. The summed E-state index contributed by atoms with van der Waals surface area (Å²) in [5, 5.41) is 0. The Balaban J connectivity index is 2.59. The second-order valence-electron chi connectivity index (χ2n) is 2.87. The number of esters is 1. The van der Waals surface area contributed by atoms with Gasteiger partial charge in [0.05, 0.1) is 7.11 Å². The Kier molecular flexibility index (Phi) is 2.74. The van der Waals surface area contributed by atoms with Crippen LogP contribution in [0, 0.1) is 5.92 Å². The van der Waals surface area contributed by atoms with Crippen LogP contribution in [0.5, 0.6) is 0 Å². The average molecular weight is 269 g/mol. The highest BCUT2D eigenvalue weighted by Gasteiger charge is 2.59. The molecule has 1 rings (SSSR count). The first kappa shape index (κ1) is 9.25. The van der Waals surface area contributed by atoms with Gasteiger partial charge in [-0.2, -0.15) is 0 Å². The molecule has 0 bridgehead atoms. The van der Waals surface area contributed by atoms with Gasteiger partial charge in [-0.05, 0) is 12.3 Å². The lowest BCUT2D eigenvalue weighted by atomic mass is 10.2. The van der Waals surface area contributed by atoms with E-state index in [0.717, 1.165) is 12.8 Å². The number of rotatable bonds is 3. The van der Waals surface area contributed by atoms with E-state index in [0.29, 0.717) is 5.92 Å². The van der Waals surface area contributed by atoms with Crippen molar-refractivity contribution < 1.29 is 9.53 Å². The van der Waals surface area contributed by atoms with Gasteiger partial charge in [-0.25, -0.2) is 3.53 Å². The Bertz CT molecular complexity index is 174. The molecule has 2 atom stereocenters. The second kappa shape index (κ2) is 3.26. The van der Waals surface area contributed by atoms with E-state index in [-0.39, 0.29) is 11.5 Å². The molecule has 1 saturated carbocycles. The quantitative estimate of drug-likeness (QED) is 0.476. The van der Waals surface area contributed by atoms with Gasteiger partial charge in [0.25, 0.3) is 0 Å². The van der Waals surface area contributed by atoms with Crippen LogP contribution in [0.3, 0.4) is 0 Å². The van der Waals surface area contributed by atoms with Crippen LogP contribution < -0.4 is 3.53 Å². The first-order valence-corrected chi connectivity index (χ1v) is 4.75. The van der Waals surface area contributed by atoms with Crippen molar-refractivity contribution in [3.05, 3.63) is 0 Å². The van der Waals surface area contributed by atoms with Crippen molar-refractivity contribution in [2.45, 2.75) is 25.3 Å². The standard InChI is InChI=1S/C7H12INO2/c1-3-5-4-7(5,9-8)6(10)11-2/h5,9H,3-4H2,1-2H3/t5-,7?/m1/s1. The first-order valence-electron chi connectivity index (χ1n) is 3.67. The molecule has 0 amide bonds. The number of methoxy groups -OCH3 is 1. The van der Waals surface area contributed by atoms with Gasteiger partial charge in [-0.15, -0.1) is 0 Å². The molecule has 0 saturated heterocycles. The topological polar surface area (TPSA) is 38.3 Å². The molecular weight excluding hydrogens is 257 g/mol. The van der Waals surface area contributed by atoms with Gasteiger partial charge in [0.2, 0.25) is 0 Å². The zero-order chi connectivity index (χ0) is 8.48. The fourth-order valence-electron chi connectivity index (χ4n) is 1.41. The van der Waals surface area contributed by atoms with Crippen molar-refractivity contribution in [2.75, 3.05) is 7.11 Å². The van der Waals surface area contributed by atoms with E-state index < -0.39 is 0 Å². The van der Waals surface area contributed by atoms with Gasteiger partial charge >= 0.3 is 5.97 Å². The normalized spacial score (nSPS) is 35.0. The third-order valence-electron chi connectivity index (χ3n) is 2.32. The summed E-state index contributed by atoms with van der Waals surface area (Å²) in [6.07, 6.45) is 1.95. The average Bonchev–Trinajstić information content (AvgIpc) is 2.78. The maximum Gasteiger partial charge on any atom is 0.327 e. The van der Waals surface area contributed by atoms with E-state index in [4.69, 9.17) is 4.74 Å². The second-order valence-corrected chi connectivity index (χ2v) is 3.41. The van der Waals surface area contributed by atoms with Crippen molar-refractivity contribution in [3.8, 4) is 0 Å². The largest absolute Gasteiger partial charge is 0.468 e. The fourth-order valence-corrected chi connectivity index (χ4v) is 2.29. The lowest BCUT2D eigenvalue weighted by molar-refractivity contribution is -0.144. The molecule has 1 N–H and O–H groups in total. The third kappa shape index (κ3) is 1.38. The predicted molar refractivity (Wildman–Crippen MR) is 50.3 cm³/mol. The number of hydrogen-bond donors (Lipinski definition) is 1. The van der Waals surface area contributed by atoms with Crippen molar-refractivity contribution in [1.82, 2.24) is 3.53 Å². The summed E-state index contributed by atoms with van der Waals surface area (Å²) in [7, 11) is 1.43. The molecule has 1 aliphatic carbocycles. The van der Waals surface area contributed by atoms with E-state index >= 15 is 0 Å². The van der Waals surface area contributed by atoms with E-state index in [1.807, 2.05) is 22.9 Å². The summed E-state index contributed by atoms with van der Waals surface area (Å²) in [6, 6.07) is 0. The van der Waals surface area contributed by atoms with Crippen LogP contribution in [0.2, 0.25) is 0 Å². The van der Waals surface area contributed by atoms with E-state index in [2.05, 4.69) is 10.5 Å². The summed E-state index contributed by atoms with van der Waals surface area (Å²) in [6.45, 7) is 2.09. The number of hydrogen-bond acceptors (Lipinski definition) is 3. The Morgan fingerprint density at radius 1 is 1.91 bits per heavy atom. The predicted octanol–water partition coefficient (Wildman–Crippen LogP) is 1.27. The Hall–Kier alpha value is 0.160. The smallest absolute Gasteiger partial charge is 0.327 e. The van der Waals surface area contributed by atoms with Crippen LogP contribution in [0.1, 0.15) is 19.8 Å². The van der Waals surface area contributed by atoms with Gasteiger partial charge in [-0.3, -0.25) is 4.79 Å². The van der Waals surface area contributed by atoms with Crippen LogP contribution in [-0.2, 0) is 9.53 Å². The van der Waals surface area contributed by atoms with Crippen molar-refractivity contribution >= 4 is 28.8 Å². The van der Waals surface area contributed by atoms with Crippen molar-refractivity contribution in [3.63, 3.8) is 0 Å². The van der Waals surface area contributed by atoms with Gasteiger partial charge in [0.15, 0.2) is 0 Å². The summed E-state index contributed by atoms with van der Waals surface area (Å²) in [4.78, 5) is 11.2. The molecule has 0 radical (unpaired) electrons. The zero-order valence-electron chi connectivity index (χ0n) is 6.69. The van der Waals surface area contributed by atoms with Gasteiger partial charge in [-0.1, -0.05) is 13.3 Å². The minimum Gasteiger partial charge on any atom is -0.468 e. The highest BCUT2D eigenvalue weighted by molar-refractivity contribution is 14.1. The number of ether oxygens (including phenoxy) is 1. The Morgan fingerprint density at radius 3 is 2.82 bits per heavy atom. The SMILES string of the molecule is CC[C@@H]1CC1(NI)C(=O)OC. The zero-order valence-corrected chi connectivity index (χ0v) is 8.84. The molecule has 0 spiro atoms. The maximum atomic E-state index is 11.2. The molecule has 1 aliphatic rings. The molecule has 11 heavy (non-hydrogen) atoms. The molecule has 0 aromatic carbocycles. The van der Waals surface area contributed by atoms with E-state index in [9.17, 15) is 4.79 Å². The monoisotopic (exact) mass is 269 g/mol. The van der Waals surface area contributed by atoms with Crippen LogP contribution in [-0.4, -0.2) is 18.6 Å². The fraction of sp³-hybridized carbons (Fsp3) is 0.857. The van der Waals surface area contributed by atoms with E-state index in [1.165, 1.54) is 7.11 Å². The molecule has 1 unspecified atom stereocenters. The van der Waals surface area contributed by atoms with Crippen molar-refractivity contribution in [1.29, 1.82) is 0 Å². The number of halogens is 1. The summed E-state index contributed by atoms with van der Waals surface area (Å²) < 4.78 is 7.69. The minimum atomic E-state index is -0.357. The van der Waals surface area contributed by atoms with Gasteiger partial charge < -0.3 is 4.74 Å². The molecule has 64 valence electrons. The van der Waals surface area contributed by atoms with Crippen LogP contribution >= 0.6 is 22.9 Å². The number of nitrogens with one attached hydrogen (secondary N) is 1. The highest BCUT2D eigenvalue weighted by Crippen LogP contribution is 2.47. The minimum absolute atomic E-state index is 0.126. The molecule has 1 fully saturated rings. The molecular formula is C7H12INO2. The maximum absolute atomic E-state index is 11.2. The molecule has 0 aromatic heterocycles. The molecule has 0 aromatic rings. The van der Waals surface area contributed by atoms with Gasteiger partial charge in [0, 0.05) is 22.9 Å². The molecule has 4 heteroatoms. The lowest BCUT2D eigenvalue weighted by Gasteiger charge is -2.11. The number of carbonyl (C=O) groups excluding carboxylic acids is 1. The lowest BCUT2D eigenvalue weighted by Crippen LogP contribution is -2.36. The molecule has 0 aliphatic heterocycles. The Labute approximate surface area is 80.4 Å². The molecule has 3 nitrogen and oxygen atoms in total. The van der Waals surface area contributed by atoms with E-state index in [1.54, 1.807) is 0 Å². The highest BCUT2D eigenvalue weighted by atomic mass is 127. The number of carbonyl (C=O) groups is 1. The summed E-state index contributed by atoms with van der Waals surface area (Å²) in [5.41, 5.74) is -0.357. The van der Waals surface area contributed by atoms with Crippen LogP contribution in [0.4, 0.5) is 0 Å². The van der Waals surface area contributed by atoms with Crippen LogP contribution in [0.15, 0.2) is 0 Å². The molecule has 0 heterocycles. The van der Waals surface area contributed by atoms with Crippen molar-refractivity contribution in [2.24, 2.45) is 5.92 Å². The summed E-state index contributed by atoms with van der Waals surface area (Å²) >= 11 is 2.02. The Morgan fingerprint density at radius 2 is 2.55 bits per heavy atom.